The first-order valence-electron chi connectivity index (χ1n) is 7.14. The van der Waals surface area contributed by atoms with Crippen LogP contribution >= 0.6 is 0 Å². The lowest BCUT2D eigenvalue weighted by molar-refractivity contribution is 0.0957. The standard InChI is InChI=1S/C16H20N4O2/c1-11(14(21)10-12-6-4-3-5-7-12)18-15-9-8-13(19-20-15)16(22)17-2/h3-9,11,14,21H,10H2,1-2H3,(H,17,22)(H,18,20). The highest BCUT2D eigenvalue weighted by Gasteiger charge is 2.15. The number of hydrogen-bond acceptors (Lipinski definition) is 5. The zero-order chi connectivity index (χ0) is 15.9. The Morgan fingerprint density at radius 3 is 2.50 bits per heavy atom. The lowest BCUT2D eigenvalue weighted by atomic mass is 10.0. The van der Waals surface area contributed by atoms with E-state index in [1.54, 1.807) is 12.1 Å². The summed E-state index contributed by atoms with van der Waals surface area (Å²) in [5.41, 5.74) is 1.33. The molecule has 1 aromatic carbocycles. The normalized spacial score (nSPS) is 13.2. The number of carbonyl (C=O) groups excluding carboxylic acids is 1. The Bertz CT molecular complexity index is 601. The van der Waals surface area contributed by atoms with Crippen molar-refractivity contribution in [2.45, 2.75) is 25.5 Å². The Labute approximate surface area is 129 Å². The van der Waals surface area contributed by atoms with Crippen LogP contribution in [0.1, 0.15) is 23.0 Å². The summed E-state index contributed by atoms with van der Waals surface area (Å²) in [6, 6.07) is 12.9. The fourth-order valence-corrected chi connectivity index (χ4v) is 2.02. The molecule has 0 aliphatic heterocycles. The van der Waals surface area contributed by atoms with Crippen molar-refractivity contribution in [3.63, 3.8) is 0 Å². The maximum absolute atomic E-state index is 11.4. The molecule has 0 saturated heterocycles. The number of aromatic nitrogens is 2. The largest absolute Gasteiger partial charge is 0.391 e. The molecule has 0 bridgehead atoms. The third-order valence-corrected chi connectivity index (χ3v) is 3.36. The third-order valence-electron chi connectivity index (χ3n) is 3.36. The van der Waals surface area contributed by atoms with Gasteiger partial charge in [0.1, 0.15) is 5.82 Å². The molecule has 2 aromatic rings. The van der Waals surface area contributed by atoms with Crippen molar-refractivity contribution in [3.05, 3.63) is 53.7 Å². The summed E-state index contributed by atoms with van der Waals surface area (Å²) in [5.74, 6) is 0.239. The molecule has 6 nitrogen and oxygen atoms in total. The van der Waals surface area contributed by atoms with E-state index in [0.717, 1.165) is 5.56 Å². The van der Waals surface area contributed by atoms with Gasteiger partial charge in [0.15, 0.2) is 5.69 Å². The third kappa shape index (κ3) is 4.26. The zero-order valence-electron chi connectivity index (χ0n) is 12.7. The Hall–Kier alpha value is -2.47. The molecule has 0 aliphatic rings. The number of amides is 1. The summed E-state index contributed by atoms with van der Waals surface area (Å²) in [6.45, 7) is 1.88. The van der Waals surface area contributed by atoms with Crippen LogP contribution in [0.3, 0.4) is 0 Å². The number of anilines is 1. The predicted molar refractivity (Wildman–Crippen MR) is 84.7 cm³/mol. The highest BCUT2D eigenvalue weighted by atomic mass is 16.3. The van der Waals surface area contributed by atoms with Crippen LogP contribution < -0.4 is 10.6 Å². The van der Waals surface area contributed by atoms with E-state index >= 15 is 0 Å². The summed E-state index contributed by atoms with van der Waals surface area (Å²) in [5, 5.41) is 23.6. The van der Waals surface area contributed by atoms with Crippen molar-refractivity contribution in [3.8, 4) is 0 Å². The fourth-order valence-electron chi connectivity index (χ4n) is 2.02. The molecule has 0 spiro atoms. The Morgan fingerprint density at radius 1 is 1.18 bits per heavy atom. The first-order chi connectivity index (χ1) is 10.6. The monoisotopic (exact) mass is 300 g/mol. The lowest BCUT2D eigenvalue weighted by Gasteiger charge is -2.20. The second kappa shape index (κ2) is 7.51. The number of aliphatic hydroxyl groups excluding tert-OH is 1. The molecule has 2 rings (SSSR count). The second-order valence-corrected chi connectivity index (χ2v) is 5.07. The van der Waals surface area contributed by atoms with Gasteiger partial charge in [-0.15, -0.1) is 10.2 Å². The number of nitrogens with one attached hydrogen (secondary N) is 2. The van der Waals surface area contributed by atoms with Crippen molar-refractivity contribution in [1.29, 1.82) is 0 Å². The van der Waals surface area contributed by atoms with Crippen LogP contribution in [-0.4, -0.2) is 40.4 Å². The minimum atomic E-state index is -0.553. The van der Waals surface area contributed by atoms with Gasteiger partial charge in [-0.1, -0.05) is 30.3 Å². The van der Waals surface area contributed by atoms with Gasteiger partial charge in [0.05, 0.1) is 12.1 Å². The topological polar surface area (TPSA) is 87.1 Å². The highest BCUT2D eigenvalue weighted by Crippen LogP contribution is 2.10. The molecule has 6 heteroatoms. The molecule has 22 heavy (non-hydrogen) atoms. The lowest BCUT2D eigenvalue weighted by Crippen LogP contribution is -2.32. The van der Waals surface area contributed by atoms with E-state index in [4.69, 9.17) is 0 Å². The summed E-state index contributed by atoms with van der Waals surface area (Å²) in [7, 11) is 1.54. The molecule has 2 atom stereocenters. The number of carbonyl (C=O) groups is 1. The number of rotatable bonds is 6. The first kappa shape index (κ1) is 15.9. The van der Waals surface area contributed by atoms with E-state index in [2.05, 4.69) is 20.8 Å². The van der Waals surface area contributed by atoms with Gasteiger partial charge in [0, 0.05) is 13.5 Å². The minimum Gasteiger partial charge on any atom is -0.391 e. The number of aliphatic hydroxyl groups is 1. The van der Waals surface area contributed by atoms with Crippen molar-refractivity contribution in [2.24, 2.45) is 0 Å². The quantitative estimate of drug-likeness (QED) is 0.747. The summed E-state index contributed by atoms with van der Waals surface area (Å²) in [6.07, 6.45) is 0.00138. The molecule has 0 radical (unpaired) electrons. The summed E-state index contributed by atoms with van der Waals surface area (Å²) in [4.78, 5) is 11.4. The summed E-state index contributed by atoms with van der Waals surface area (Å²) < 4.78 is 0. The van der Waals surface area contributed by atoms with Gasteiger partial charge in [-0.05, 0) is 24.6 Å². The molecule has 0 saturated carbocycles. The van der Waals surface area contributed by atoms with E-state index in [0.29, 0.717) is 12.2 Å². The van der Waals surface area contributed by atoms with Crippen LogP contribution in [0.15, 0.2) is 42.5 Å². The fraction of sp³-hybridized carbons (Fsp3) is 0.312. The molecule has 1 heterocycles. The van der Waals surface area contributed by atoms with Crippen LogP contribution in [0, 0.1) is 0 Å². The molecule has 0 aliphatic carbocycles. The van der Waals surface area contributed by atoms with E-state index in [1.807, 2.05) is 37.3 Å². The van der Waals surface area contributed by atoms with Crippen LogP contribution in [0.2, 0.25) is 0 Å². The Kier molecular flexibility index (Phi) is 5.43. The van der Waals surface area contributed by atoms with E-state index in [-0.39, 0.29) is 17.6 Å². The van der Waals surface area contributed by atoms with Gasteiger partial charge in [-0.3, -0.25) is 4.79 Å². The molecule has 1 aromatic heterocycles. The molecule has 3 N–H and O–H groups in total. The number of benzene rings is 1. The number of hydrogen-bond donors (Lipinski definition) is 3. The predicted octanol–water partition coefficient (Wildman–Crippen LogP) is 1.24. The maximum atomic E-state index is 11.4. The van der Waals surface area contributed by atoms with Crippen LogP contribution in [0.25, 0.3) is 0 Å². The van der Waals surface area contributed by atoms with Crippen molar-refractivity contribution >= 4 is 11.7 Å². The van der Waals surface area contributed by atoms with Gasteiger partial charge < -0.3 is 15.7 Å². The van der Waals surface area contributed by atoms with Crippen LogP contribution in [0.4, 0.5) is 5.82 Å². The molecular formula is C16H20N4O2. The van der Waals surface area contributed by atoms with Gasteiger partial charge in [0.2, 0.25) is 0 Å². The highest BCUT2D eigenvalue weighted by molar-refractivity contribution is 5.91. The maximum Gasteiger partial charge on any atom is 0.271 e. The van der Waals surface area contributed by atoms with Crippen LogP contribution in [0.5, 0.6) is 0 Å². The number of nitrogens with zero attached hydrogens (tertiary/aromatic N) is 2. The average Bonchev–Trinajstić information content (AvgIpc) is 2.55. The SMILES string of the molecule is CNC(=O)c1ccc(NC(C)C(O)Cc2ccccc2)nn1. The summed E-state index contributed by atoms with van der Waals surface area (Å²) >= 11 is 0. The van der Waals surface area contributed by atoms with Gasteiger partial charge >= 0.3 is 0 Å². The Morgan fingerprint density at radius 2 is 1.91 bits per heavy atom. The Balaban J connectivity index is 1.93. The first-order valence-corrected chi connectivity index (χ1v) is 7.14. The van der Waals surface area contributed by atoms with Gasteiger partial charge in [0.25, 0.3) is 5.91 Å². The van der Waals surface area contributed by atoms with Crippen LogP contribution in [-0.2, 0) is 6.42 Å². The minimum absolute atomic E-state index is 0.194. The molecule has 2 unspecified atom stereocenters. The van der Waals surface area contributed by atoms with E-state index in [1.165, 1.54) is 7.05 Å². The smallest absolute Gasteiger partial charge is 0.271 e. The molecule has 1 amide bonds. The van der Waals surface area contributed by atoms with Gasteiger partial charge in [-0.25, -0.2) is 0 Å². The molecule has 0 fully saturated rings. The van der Waals surface area contributed by atoms with Crippen molar-refractivity contribution < 1.29 is 9.90 Å². The van der Waals surface area contributed by atoms with E-state index < -0.39 is 6.10 Å². The van der Waals surface area contributed by atoms with Gasteiger partial charge in [-0.2, -0.15) is 0 Å². The zero-order valence-corrected chi connectivity index (χ0v) is 12.7. The van der Waals surface area contributed by atoms with Crippen molar-refractivity contribution in [1.82, 2.24) is 15.5 Å². The second-order valence-electron chi connectivity index (χ2n) is 5.07. The molecular weight excluding hydrogens is 280 g/mol. The van der Waals surface area contributed by atoms with Crippen molar-refractivity contribution in [2.75, 3.05) is 12.4 Å². The average molecular weight is 300 g/mol. The van der Waals surface area contributed by atoms with E-state index in [9.17, 15) is 9.90 Å². The molecule has 116 valence electrons.